The Morgan fingerprint density at radius 3 is 2.92 bits per heavy atom. The van der Waals surface area contributed by atoms with E-state index in [1.807, 2.05) is 19.9 Å². The van der Waals surface area contributed by atoms with Crippen LogP contribution in [0.25, 0.3) is 0 Å². The number of ether oxygens (including phenoxy) is 1. The predicted octanol–water partition coefficient (Wildman–Crippen LogP) is 1.61. The zero-order valence-corrected chi connectivity index (χ0v) is 8.06. The Kier molecular flexibility index (Phi) is 3.99. The van der Waals surface area contributed by atoms with Crippen LogP contribution in [0, 0.1) is 0 Å². The molecule has 3 heteroatoms. The SMILES string of the molecule is CCOC(C)C(O)Cc1ccoc1. The zero-order chi connectivity index (χ0) is 9.68. The van der Waals surface area contributed by atoms with E-state index in [-0.39, 0.29) is 6.10 Å². The van der Waals surface area contributed by atoms with Crippen molar-refractivity contribution < 1.29 is 14.3 Å². The number of aliphatic hydroxyl groups excluding tert-OH is 1. The van der Waals surface area contributed by atoms with Crippen molar-refractivity contribution in [1.29, 1.82) is 0 Å². The molecular weight excluding hydrogens is 168 g/mol. The van der Waals surface area contributed by atoms with Gasteiger partial charge in [-0.25, -0.2) is 0 Å². The van der Waals surface area contributed by atoms with Crippen molar-refractivity contribution in [3.63, 3.8) is 0 Å². The van der Waals surface area contributed by atoms with Gasteiger partial charge in [-0.15, -0.1) is 0 Å². The van der Waals surface area contributed by atoms with Gasteiger partial charge in [-0.05, 0) is 25.5 Å². The van der Waals surface area contributed by atoms with Crippen molar-refractivity contribution in [3.05, 3.63) is 24.2 Å². The first kappa shape index (κ1) is 10.3. The van der Waals surface area contributed by atoms with Gasteiger partial charge in [0.05, 0.1) is 24.7 Å². The Labute approximate surface area is 78.3 Å². The molecule has 1 aromatic heterocycles. The second-order valence-electron chi connectivity index (χ2n) is 3.06. The molecule has 2 unspecified atom stereocenters. The first-order valence-electron chi connectivity index (χ1n) is 4.54. The molecule has 2 atom stereocenters. The summed E-state index contributed by atoms with van der Waals surface area (Å²) in [5, 5.41) is 9.65. The van der Waals surface area contributed by atoms with Gasteiger partial charge in [0.1, 0.15) is 0 Å². The summed E-state index contributed by atoms with van der Waals surface area (Å²) in [5.74, 6) is 0. The molecule has 1 rings (SSSR count). The van der Waals surface area contributed by atoms with Crippen molar-refractivity contribution in [1.82, 2.24) is 0 Å². The molecule has 1 aromatic rings. The highest BCUT2D eigenvalue weighted by Crippen LogP contribution is 2.08. The van der Waals surface area contributed by atoms with E-state index < -0.39 is 6.10 Å². The minimum Gasteiger partial charge on any atom is -0.472 e. The molecule has 0 aliphatic rings. The van der Waals surface area contributed by atoms with E-state index in [2.05, 4.69) is 0 Å². The number of hydrogen-bond donors (Lipinski definition) is 1. The van der Waals surface area contributed by atoms with E-state index in [4.69, 9.17) is 9.15 Å². The summed E-state index contributed by atoms with van der Waals surface area (Å²) in [7, 11) is 0. The van der Waals surface area contributed by atoms with Gasteiger partial charge in [-0.3, -0.25) is 0 Å². The highest BCUT2D eigenvalue weighted by Gasteiger charge is 2.14. The summed E-state index contributed by atoms with van der Waals surface area (Å²) in [4.78, 5) is 0. The molecule has 1 N–H and O–H groups in total. The molecule has 13 heavy (non-hydrogen) atoms. The van der Waals surface area contributed by atoms with Gasteiger partial charge in [0.15, 0.2) is 0 Å². The molecule has 0 radical (unpaired) electrons. The van der Waals surface area contributed by atoms with E-state index >= 15 is 0 Å². The highest BCUT2D eigenvalue weighted by atomic mass is 16.5. The van der Waals surface area contributed by atoms with Gasteiger partial charge in [-0.1, -0.05) is 0 Å². The molecule has 0 amide bonds. The largest absolute Gasteiger partial charge is 0.472 e. The lowest BCUT2D eigenvalue weighted by Gasteiger charge is -2.17. The summed E-state index contributed by atoms with van der Waals surface area (Å²) < 4.78 is 10.2. The van der Waals surface area contributed by atoms with Gasteiger partial charge in [0.2, 0.25) is 0 Å². The lowest BCUT2D eigenvalue weighted by atomic mass is 10.1. The van der Waals surface area contributed by atoms with Crippen molar-refractivity contribution in [2.24, 2.45) is 0 Å². The molecule has 0 spiro atoms. The minimum absolute atomic E-state index is 0.125. The van der Waals surface area contributed by atoms with Crippen LogP contribution in [0.3, 0.4) is 0 Å². The van der Waals surface area contributed by atoms with Crippen LogP contribution in [0.4, 0.5) is 0 Å². The van der Waals surface area contributed by atoms with Gasteiger partial charge in [-0.2, -0.15) is 0 Å². The van der Waals surface area contributed by atoms with Crippen LogP contribution < -0.4 is 0 Å². The maximum Gasteiger partial charge on any atom is 0.0935 e. The fourth-order valence-electron chi connectivity index (χ4n) is 1.19. The molecule has 74 valence electrons. The third-order valence-corrected chi connectivity index (χ3v) is 2.00. The van der Waals surface area contributed by atoms with E-state index in [0.717, 1.165) is 5.56 Å². The van der Waals surface area contributed by atoms with E-state index in [0.29, 0.717) is 13.0 Å². The van der Waals surface area contributed by atoms with E-state index in [1.54, 1.807) is 12.5 Å². The Hall–Kier alpha value is -0.800. The van der Waals surface area contributed by atoms with Crippen LogP contribution in [0.1, 0.15) is 19.4 Å². The average Bonchev–Trinajstić information content (AvgIpc) is 2.57. The molecule has 0 saturated carbocycles. The summed E-state index contributed by atoms with van der Waals surface area (Å²) in [5.41, 5.74) is 0.999. The molecule has 0 bridgehead atoms. The topological polar surface area (TPSA) is 42.6 Å². The first-order chi connectivity index (χ1) is 6.24. The highest BCUT2D eigenvalue weighted by molar-refractivity contribution is 5.06. The molecule has 3 nitrogen and oxygen atoms in total. The van der Waals surface area contributed by atoms with Crippen LogP contribution >= 0.6 is 0 Å². The smallest absolute Gasteiger partial charge is 0.0935 e. The molecule has 0 aliphatic heterocycles. The van der Waals surface area contributed by atoms with E-state index in [1.165, 1.54) is 0 Å². The van der Waals surface area contributed by atoms with Gasteiger partial charge < -0.3 is 14.3 Å². The second-order valence-corrected chi connectivity index (χ2v) is 3.06. The maximum atomic E-state index is 9.65. The maximum absolute atomic E-state index is 9.65. The fraction of sp³-hybridized carbons (Fsp3) is 0.600. The zero-order valence-electron chi connectivity index (χ0n) is 8.06. The lowest BCUT2D eigenvalue weighted by molar-refractivity contribution is -0.0208. The lowest BCUT2D eigenvalue weighted by Crippen LogP contribution is -2.27. The normalized spacial score (nSPS) is 15.6. The minimum atomic E-state index is -0.461. The average molecular weight is 184 g/mol. The molecule has 0 aliphatic carbocycles. The van der Waals surface area contributed by atoms with Crippen LogP contribution in [0.2, 0.25) is 0 Å². The second kappa shape index (κ2) is 5.04. The van der Waals surface area contributed by atoms with Gasteiger partial charge in [0, 0.05) is 13.0 Å². The summed E-state index contributed by atoms with van der Waals surface area (Å²) in [6, 6.07) is 1.85. The Morgan fingerprint density at radius 1 is 1.62 bits per heavy atom. The molecule has 0 saturated heterocycles. The van der Waals surface area contributed by atoms with Crippen LogP contribution in [0.5, 0.6) is 0 Å². The third-order valence-electron chi connectivity index (χ3n) is 2.00. The van der Waals surface area contributed by atoms with Gasteiger partial charge in [0.25, 0.3) is 0 Å². The number of rotatable bonds is 5. The number of aliphatic hydroxyl groups is 1. The van der Waals surface area contributed by atoms with Crippen LogP contribution in [-0.2, 0) is 11.2 Å². The van der Waals surface area contributed by atoms with Crippen LogP contribution in [-0.4, -0.2) is 23.9 Å². The Morgan fingerprint density at radius 2 is 2.38 bits per heavy atom. The first-order valence-corrected chi connectivity index (χ1v) is 4.54. The Bertz CT molecular complexity index is 218. The summed E-state index contributed by atoms with van der Waals surface area (Å²) >= 11 is 0. The van der Waals surface area contributed by atoms with Crippen molar-refractivity contribution in [2.45, 2.75) is 32.5 Å². The van der Waals surface area contributed by atoms with Gasteiger partial charge >= 0.3 is 0 Å². The number of hydrogen-bond acceptors (Lipinski definition) is 3. The molecule has 1 heterocycles. The summed E-state index contributed by atoms with van der Waals surface area (Å²) in [6.07, 6.45) is 3.24. The molecule has 0 fully saturated rings. The van der Waals surface area contributed by atoms with Crippen molar-refractivity contribution >= 4 is 0 Å². The third kappa shape index (κ3) is 3.20. The summed E-state index contributed by atoms with van der Waals surface area (Å²) in [6.45, 7) is 4.42. The van der Waals surface area contributed by atoms with Crippen molar-refractivity contribution in [3.8, 4) is 0 Å². The number of furan rings is 1. The van der Waals surface area contributed by atoms with Crippen LogP contribution in [0.15, 0.2) is 23.0 Å². The monoisotopic (exact) mass is 184 g/mol. The fourth-order valence-corrected chi connectivity index (χ4v) is 1.19. The van der Waals surface area contributed by atoms with Crippen molar-refractivity contribution in [2.75, 3.05) is 6.61 Å². The predicted molar refractivity (Wildman–Crippen MR) is 49.5 cm³/mol. The quantitative estimate of drug-likeness (QED) is 0.756. The standard InChI is InChI=1S/C10H16O3/c1-3-13-8(2)10(11)6-9-4-5-12-7-9/h4-5,7-8,10-11H,3,6H2,1-2H3. The van der Waals surface area contributed by atoms with E-state index in [9.17, 15) is 5.11 Å². The molecule has 0 aromatic carbocycles. The molecular formula is C10H16O3. The Balaban J connectivity index is 2.36.